The highest BCUT2D eigenvalue weighted by Crippen LogP contribution is 2.32. The number of rotatable bonds is 4. The standard InChI is InChI=1S/C18H11Cl2N3O3S/c19-11-2-1-3-12(5-11)23-9-21-22-18(23)27-8-10-4-17(25)26-16-7-15(24)14(20)6-13(10)16/h1-7,9,24H,8H2. The van der Waals surface area contributed by atoms with E-state index in [0.717, 1.165) is 5.69 Å². The number of nitrogens with zero attached hydrogens (tertiary/aromatic N) is 3. The van der Waals surface area contributed by atoms with Crippen molar-refractivity contribution in [1.82, 2.24) is 14.8 Å². The molecule has 4 aromatic rings. The summed E-state index contributed by atoms with van der Waals surface area (Å²) in [5.74, 6) is 0.292. The second-order valence-corrected chi connectivity index (χ2v) is 7.43. The molecule has 0 radical (unpaired) electrons. The smallest absolute Gasteiger partial charge is 0.336 e. The lowest BCUT2D eigenvalue weighted by atomic mass is 10.1. The van der Waals surface area contributed by atoms with Crippen LogP contribution in [0, 0.1) is 0 Å². The third kappa shape index (κ3) is 3.66. The Balaban J connectivity index is 1.68. The Morgan fingerprint density at radius 2 is 2.04 bits per heavy atom. The summed E-state index contributed by atoms with van der Waals surface area (Å²) in [6.07, 6.45) is 1.60. The molecule has 1 N–H and O–H groups in total. The van der Waals surface area contributed by atoms with Crippen LogP contribution in [0.25, 0.3) is 16.7 Å². The van der Waals surface area contributed by atoms with Crippen LogP contribution in [0.1, 0.15) is 5.56 Å². The summed E-state index contributed by atoms with van der Waals surface area (Å²) >= 11 is 13.5. The molecule has 27 heavy (non-hydrogen) atoms. The molecule has 0 aliphatic carbocycles. The van der Waals surface area contributed by atoms with Gasteiger partial charge < -0.3 is 9.52 Å². The molecule has 4 rings (SSSR count). The van der Waals surface area contributed by atoms with Crippen LogP contribution in [0.3, 0.4) is 0 Å². The first-order valence-corrected chi connectivity index (χ1v) is 9.49. The Kier molecular flexibility index (Phi) is 4.82. The first-order chi connectivity index (χ1) is 13.0. The lowest BCUT2D eigenvalue weighted by Gasteiger charge is -2.08. The Morgan fingerprint density at radius 3 is 2.85 bits per heavy atom. The Hall–Kier alpha value is -2.48. The predicted molar refractivity (Wildman–Crippen MR) is 105 cm³/mol. The minimum Gasteiger partial charge on any atom is -0.506 e. The van der Waals surface area contributed by atoms with Crippen LogP contribution in [-0.2, 0) is 5.75 Å². The molecule has 0 unspecified atom stereocenters. The third-order valence-electron chi connectivity index (χ3n) is 3.86. The zero-order chi connectivity index (χ0) is 19.0. The maximum atomic E-state index is 11.8. The van der Waals surface area contributed by atoms with E-state index in [4.69, 9.17) is 27.6 Å². The summed E-state index contributed by atoms with van der Waals surface area (Å²) in [4.78, 5) is 11.8. The van der Waals surface area contributed by atoms with Crippen LogP contribution < -0.4 is 5.63 Å². The second kappa shape index (κ2) is 7.26. The minimum atomic E-state index is -0.504. The monoisotopic (exact) mass is 419 g/mol. The molecule has 0 aliphatic heterocycles. The number of fused-ring (bicyclic) bond motifs is 1. The fourth-order valence-corrected chi connectivity index (χ4v) is 3.89. The second-order valence-electron chi connectivity index (χ2n) is 5.64. The van der Waals surface area contributed by atoms with Gasteiger partial charge in [0.25, 0.3) is 0 Å². The Bertz CT molecular complexity index is 1210. The number of aromatic hydroxyl groups is 1. The zero-order valence-electron chi connectivity index (χ0n) is 13.6. The van der Waals surface area contributed by atoms with Crippen LogP contribution >= 0.6 is 35.0 Å². The van der Waals surface area contributed by atoms with E-state index >= 15 is 0 Å². The van der Waals surface area contributed by atoms with Gasteiger partial charge in [0.1, 0.15) is 17.7 Å². The molecule has 0 spiro atoms. The fraction of sp³-hybridized carbons (Fsp3) is 0.0556. The number of hydrogen-bond acceptors (Lipinski definition) is 6. The van der Waals surface area contributed by atoms with Gasteiger partial charge in [-0.2, -0.15) is 0 Å². The van der Waals surface area contributed by atoms with E-state index < -0.39 is 5.63 Å². The van der Waals surface area contributed by atoms with Gasteiger partial charge in [-0.15, -0.1) is 10.2 Å². The number of thioether (sulfide) groups is 1. The molecule has 0 aliphatic rings. The molecule has 0 amide bonds. The number of halogens is 2. The van der Waals surface area contributed by atoms with E-state index in [0.29, 0.717) is 26.9 Å². The topological polar surface area (TPSA) is 81.2 Å². The molecule has 0 saturated carbocycles. The average molecular weight is 420 g/mol. The van der Waals surface area contributed by atoms with Crippen molar-refractivity contribution in [1.29, 1.82) is 0 Å². The first-order valence-electron chi connectivity index (χ1n) is 7.75. The van der Waals surface area contributed by atoms with Gasteiger partial charge in [-0.25, -0.2) is 4.79 Å². The van der Waals surface area contributed by atoms with Gasteiger partial charge in [-0.05, 0) is 29.8 Å². The van der Waals surface area contributed by atoms with Gasteiger partial charge in [0, 0.05) is 28.3 Å². The summed E-state index contributed by atoms with van der Waals surface area (Å²) < 4.78 is 6.96. The molecule has 136 valence electrons. The van der Waals surface area contributed by atoms with Gasteiger partial charge >= 0.3 is 5.63 Å². The molecule has 0 atom stereocenters. The van der Waals surface area contributed by atoms with Crippen molar-refractivity contribution in [2.75, 3.05) is 0 Å². The van der Waals surface area contributed by atoms with Gasteiger partial charge in [0.2, 0.25) is 0 Å². The summed E-state index contributed by atoms with van der Waals surface area (Å²) in [6.45, 7) is 0. The van der Waals surface area contributed by atoms with Gasteiger partial charge in [-0.1, -0.05) is 41.0 Å². The molecule has 0 saturated heterocycles. The number of phenolic OH excluding ortho intramolecular Hbond substituents is 1. The molecule has 2 aromatic heterocycles. The van der Waals surface area contributed by atoms with E-state index in [9.17, 15) is 9.90 Å². The Morgan fingerprint density at radius 1 is 1.19 bits per heavy atom. The number of aromatic nitrogens is 3. The summed E-state index contributed by atoms with van der Waals surface area (Å²) in [7, 11) is 0. The molecule has 0 fully saturated rings. The van der Waals surface area contributed by atoms with Crippen molar-refractivity contribution in [3.8, 4) is 11.4 Å². The molecule has 0 bridgehead atoms. The lowest BCUT2D eigenvalue weighted by molar-refractivity contribution is 0.473. The zero-order valence-corrected chi connectivity index (χ0v) is 15.9. The van der Waals surface area contributed by atoms with Crippen LogP contribution in [0.4, 0.5) is 0 Å². The largest absolute Gasteiger partial charge is 0.506 e. The summed E-state index contributed by atoms with van der Waals surface area (Å²) in [5, 5.41) is 19.9. The summed E-state index contributed by atoms with van der Waals surface area (Å²) in [6, 6.07) is 11.7. The minimum absolute atomic E-state index is 0.141. The highest BCUT2D eigenvalue weighted by atomic mass is 35.5. The van der Waals surface area contributed by atoms with Gasteiger partial charge in [0.15, 0.2) is 5.16 Å². The normalized spacial score (nSPS) is 11.2. The van der Waals surface area contributed by atoms with Crippen molar-refractivity contribution in [2.24, 2.45) is 0 Å². The van der Waals surface area contributed by atoms with Crippen molar-refractivity contribution in [3.05, 3.63) is 74.8 Å². The fourth-order valence-electron chi connectivity index (χ4n) is 2.62. The maximum Gasteiger partial charge on any atom is 0.336 e. The molecule has 2 heterocycles. The highest BCUT2D eigenvalue weighted by molar-refractivity contribution is 7.98. The lowest BCUT2D eigenvalue weighted by Crippen LogP contribution is -2.01. The number of hydrogen-bond donors (Lipinski definition) is 1. The van der Waals surface area contributed by atoms with Gasteiger partial charge in [-0.3, -0.25) is 4.57 Å². The Labute approximate surface area is 167 Å². The number of benzene rings is 2. The van der Waals surface area contributed by atoms with Crippen LogP contribution in [0.15, 0.2) is 63.2 Å². The SMILES string of the molecule is O=c1cc(CSc2nncn2-c2cccc(Cl)c2)c2cc(Cl)c(O)cc2o1. The van der Waals surface area contributed by atoms with Gasteiger partial charge in [0.05, 0.1) is 10.7 Å². The average Bonchev–Trinajstić information content (AvgIpc) is 3.10. The maximum absolute atomic E-state index is 11.8. The van der Waals surface area contributed by atoms with E-state index in [-0.39, 0.29) is 16.4 Å². The summed E-state index contributed by atoms with van der Waals surface area (Å²) in [5.41, 5.74) is 1.32. The van der Waals surface area contributed by atoms with Crippen molar-refractivity contribution in [3.63, 3.8) is 0 Å². The van der Waals surface area contributed by atoms with E-state index in [2.05, 4.69) is 10.2 Å². The predicted octanol–water partition coefficient (Wildman–Crippen LogP) is 4.68. The highest BCUT2D eigenvalue weighted by Gasteiger charge is 2.13. The van der Waals surface area contributed by atoms with E-state index in [1.165, 1.54) is 23.9 Å². The molecule has 6 nitrogen and oxygen atoms in total. The van der Waals surface area contributed by atoms with E-state index in [1.54, 1.807) is 18.5 Å². The molecular formula is C18H11Cl2N3O3S. The van der Waals surface area contributed by atoms with Crippen LogP contribution in [0.5, 0.6) is 5.75 Å². The third-order valence-corrected chi connectivity index (χ3v) is 5.39. The van der Waals surface area contributed by atoms with Crippen molar-refractivity contribution < 1.29 is 9.52 Å². The van der Waals surface area contributed by atoms with E-state index in [1.807, 2.05) is 22.8 Å². The van der Waals surface area contributed by atoms with Crippen molar-refractivity contribution >= 4 is 45.9 Å². The molecule has 2 aromatic carbocycles. The molecule has 9 heteroatoms. The quantitative estimate of drug-likeness (QED) is 0.382. The first kappa shape index (κ1) is 17.9. The van der Waals surface area contributed by atoms with Crippen LogP contribution in [0.2, 0.25) is 10.0 Å². The van der Waals surface area contributed by atoms with Crippen LogP contribution in [-0.4, -0.2) is 19.9 Å². The van der Waals surface area contributed by atoms with Crippen molar-refractivity contribution in [2.45, 2.75) is 10.9 Å². The molecular weight excluding hydrogens is 409 g/mol. The number of phenols is 1.